The van der Waals surface area contributed by atoms with Crippen LogP contribution in [-0.2, 0) is 0 Å². The first-order valence-corrected chi connectivity index (χ1v) is 4.98. The summed E-state index contributed by atoms with van der Waals surface area (Å²) in [5.41, 5.74) is 0. The minimum atomic E-state index is 0.824. The van der Waals surface area contributed by atoms with Gasteiger partial charge in [0, 0.05) is 12.6 Å². The molecule has 0 N–H and O–H groups in total. The third kappa shape index (κ3) is 2.48. The smallest absolute Gasteiger partial charge is 0.00669 e. The van der Waals surface area contributed by atoms with E-state index in [1.165, 1.54) is 32.4 Å². The molecule has 1 rings (SSSR count). The maximum absolute atomic E-state index is 2.63. The van der Waals surface area contributed by atoms with Crippen molar-refractivity contribution >= 4 is 0 Å². The second-order valence-electron chi connectivity index (χ2n) is 4.03. The lowest BCUT2D eigenvalue weighted by atomic mass is 10.1. The first kappa shape index (κ1) is 9.05. The summed E-state index contributed by atoms with van der Waals surface area (Å²) >= 11 is 0. The van der Waals surface area contributed by atoms with Gasteiger partial charge in [0.1, 0.15) is 0 Å². The van der Waals surface area contributed by atoms with Crippen molar-refractivity contribution in [2.24, 2.45) is 5.92 Å². The molecule has 1 heteroatoms. The zero-order valence-electron chi connectivity index (χ0n) is 8.14. The van der Waals surface area contributed by atoms with Gasteiger partial charge in [-0.1, -0.05) is 20.3 Å². The third-order valence-electron chi connectivity index (χ3n) is 2.79. The lowest BCUT2D eigenvalue weighted by Crippen LogP contribution is -2.30. The Morgan fingerprint density at radius 3 is 2.73 bits per heavy atom. The molecule has 1 aliphatic rings. The molecular weight excluding hydrogens is 134 g/mol. The Morgan fingerprint density at radius 1 is 1.55 bits per heavy atom. The average molecular weight is 155 g/mol. The van der Waals surface area contributed by atoms with Crippen molar-refractivity contribution < 1.29 is 0 Å². The van der Waals surface area contributed by atoms with Crippen molar-refractivity contribution in [3.8, 4) is 0 Å². The predicted molar refractivity (Wildman–Crippen MR) is 49.7 cm³/mol. The van der Waals surface area contributed by atoms with Gasteiger partial charge in [0.15, 0.2) is 0 Å². The third-order valence-corrected chi connectivity index (χ3v) is 2.79. The summed E-state index contributed by atoms with van der Waals surface area (Å²) < 4.78 is 0. The van der Waals surface area contributed by atoms with Crippen LogP contribution >= 0.6 is 0 Å². The molecule has 2 atom stereocenters. The maximum atomic E-state index is 2.63. The van der Waals surface area contributed by atoms with E-state index in [4.69, 9.17) is 0 Å². The molecule has 0 aliphatic carbocycles. The molecule has 0 radical (unpaired) electrons. The Morgan fingerprint density at radius 2 is 2.27 bits per heavy atom. The summed E-state index contributed by atoms with van der Waals surface area (Å²) in [5, 5.41) is 0. The molecule has 1 fully saturated rings. The zero-order valence-corrected chi connectivity index (χ0v) is 8.14. The fraction of sp³-hybridized carbons (Fsp3) is 1.00. The minimum absolute atomic E-state index is 0.824. The molecular formula is C10H21N. The van der Waals surface area contributed by atoms with E-state index in [0.717, 1.165) is 12.0 Å². The fourth-order valence-electron chi connectivity index (χ4n) is 1.97. The van der Waals surface area contributed by atoms with E-state index in [1.54, 1.807) is 0 Å². The number of likely N-dealkylation sites (tertiary alicyclic amines) is 1. The highest BCUT2D eigenvalue weighted by molar-refractivity contribution is 4.76. The summed E-state index contributed by atoms with van der Waals surface area (Å²) in [6.45, 7) is 9.67. The van der Waals surface area contributed by atoms with Gasteiger partial charge in [0.05, 0.1) is 0 Å². The summed E-state index contributed by atoms with van der Waals surface area (Å²) in [6, 6.07) is 0.824. The van der Waals surface area contributed by atoms with Crippen LogP contribution in [0, 0.1) is 5.92 Å². The van der Waals surface area contributed by atoms with Gasteiger partial charge in [-0.05, 0) is 32.2 Å². The lowest BCUT2D eigenvalue weighted by molar-refractivity contribution is 0.239. The quantitative estimate of drug-likeness (QED) is 0.605. The van der Waals surface area contributed by atoms with Crippen LogP contribution in [0.3, 0.4) is 0 Å². The van der Waals surface area contributed by atoms with Gasteiger partial charge in [-0.2, -0.15) is 0 Å². The van der Waals surface area contributed by atoms with E-state index in [9.17, 15) is 0 Å². The van der Waals surface area contributed by atoms with Gasteiger partial charge in [-0.3, -0.25) is 0 Å². The van der Waals surface area contributed by atoms with Crippen molar-refractivity contribution in [1.82, 2.24) is 4.90 Å². The average Bonchev–Trinajstić information content (AvgIpc) is 2.36. The first-order chi connectivity index (χ1) is 5.24. The van der Waals surface area contributed by atoms with Crippen LogP contribution in [0.2, 0.25) is 0 Å². The fourth-order valence-corrected chi connectivity index (χ4v) is 1.97. The monoisotopic (exact) mass is 155 g/mol. The van der Waals surface area contributed by atoms with Crippen LogP contribution in [0.4, 0.5) is 0 Å². The highest BCUT2D eigenvalue weighted by Gasteiger charge is 2.21. The normalized spacial score (nSPS) is 29.2. The SMILES string of the molecule is CCCC(C)N1CCC(C)C1. The molecule has 2 unspecified atom stereocenters. The van der Waals surface area contributed by atoms with Crippen LogP contribution < -0.4 is 0 Å². The highest BCUT2D eigenvalue weighted by Crippen LogP contribution is 2.19. The van der Waals surface area contributed by atoms with Crippen LogP contribution in [0.25, 0.3) is 0 Å². The van der Waals surface area contributed by atoms with Crippen LogP contribution in [0.15, 0.2) is 0 Å². The van der Waals surface area contributed by atoms with Gasteiger partial charge >= 0.3 is 0 Å². The van der Waals surface area contributed by atoms with Gasteiger partial charge < -0.3 is 4.90 Å². The number of nitrogens with zero attached hydrogens (tertiary/aromatic N) is 1. The highest BCUT2D eigenvalue weighted by atomic mass is 15.2. The van der Waals surface area contributed by atoms with E-state index in [1.807, 2.05) is 0 Å². The number of hydrogen-bond donors (Lipinski definition) is 0. The van der Waals surface area contributed by atoms with E-state index >= 15 is 0 Å². The molecule has 66 valence electrons. The molecule has 1 heterocycles. The van der Waals surface area contributed by atoms with E-state index < -0.39 is 0 Å². The largest absolute Gasteiger partial charge is 0.300 e. The Kier molecular flexibility index (Phi) is 3.38. The van der Waals surface area contributed by atoms with E-state index in [-0.39, 0.29) is 0 Å². The molecule has 1 nitrogen and oxygen atoms in total. The second kappa shape index (κ2) is 4.10. The lowest BCUT2D eigenvalue weighted by Gasteiger charge is -2.23. The molecule has 1 saturated heterocycles. The number of hydrogen-bond acceptors (Lipinski definition) is 1. The molecule has 0 aromatic carbocycles. The summed E-state index contributed by atoms with van der Waals surface area (Å²) in [7, 11) is 0. The Hall–Kier alpha value is -0.0400. The Balaban J connectivity index is 2.25. The van der Waals surface area contributed by atoms with Gasteiger partial charge in [0.25, 0.3) is 0 Å². The molecule has 0 amide bonds. The summed E-state index contributed by atoms with van der Waals surface area (Å²) in [5.74, 6) is 0.939. The Labute approximate surface area is 70.8 Å². The van der Waals surface area contributed by atoms with Gasteiger partial charge in [-0.25, -0.2) is 0 Å². The molecule has 0 spiro atoms. The molecule has 0 bridgehead atoms. The van der Waals surface area contributed by atoms with Gasteiger partial charge in [-0.15, -0.1) is 0 Å². The maximum Gasteiger partial charge on any atom is 0.00669 e. The van der Waals surface area contributed by atoms with Crippen molar-refractivity contribution in [2.45, 2.75) is 46.1 Å². The van der Waals surface area contributed by atoms with Crippen molar-refractivity contribution in [1.29, 1.82) is 0 Å². The topological polar surface area (TPSA) is 3.24 Å². The zero-order chi connectivity index (χ0) is 8.27. The Bertz CT molecular complexity index is 111. The predicted octanol–water partition coefficient (Wildman–Crippen LogP) is 2.52. The molecule has 1 aliphatic heterocycles. The van der Waals surface area contributed by atoms with Gasteiger partial charge in [0.2, 0.25) is 0 Å². The summed E-state index contributed by atoms with van der Waals surface area (Å²) in [6.07, 6.45) is 4.10. The van der Waals surface area contributed by atoms with Crippen molar-refractivity contribution in [3.63, 3.8) is 0 Å². The van der Waals surface area contributed by atoms with Crippen molar-refractivity contribution in [2.75, 3.05) is 13.1 Å². The van der Waals surface area contributed by atoms with Crippen molar-refractivity contribution in [3.05, 3.63) is 0 Å². The first-order valence-electron chi connectivity index (χ1n) is 4.98. The molecule has 0 aromatic rings. The van der Waals surface area contributed by atoms with Crippen LogP contribution in [0.5, 0.6) is 0 Å². The summed E-state index contributed by atoms with van der Waals surface area (Å²) in [4.78, 5) is 2.63. The molecule has 0 saturated carbocycles. The van der Waals surface area contributed by atoms with Crippen LogP contribution in [0.1, 0.15) is 40.0 Å². The standard InChI is InChI=1S/C10H21N/c1-4-5-10(3)11-7-6-9(2)8-11/h9-10H,4-8H2,1-3H3. The van der Waals surface area contributed by atoms with E-state index in [2.05, 4.69) is 25.7 Å². The minimum Gasteiger partial charge on any atom is -0.300 e. The van der Waals surface area contributed by atoms with Crippen LogP contribution in [-0.4, -0.2) is 24.0 Å². The number of rotatable bonds is 3. The molecule has 0 aromatic heterocycles. The van der Waals surface area contributed by atoms with E-state index in [0.29, 0.717) is 0 Å². The second-order valence-corrected chi connectivity index (χ2v) is 4.03. The molecule has 11 heavy (non-hydrogen) atoms.